The molecule has 2 aliphatic rings. The highest BCUT2D eigenvalue weighted by molar-refractivity contribution is 5.98. The molecule has 22 nitrogen and oxygen atoms in total. The Morgan fingerprint density at radius 2 is 0.986 bits per heavy atom. The number of carboxylic acid groups (broad SMARTS) is 3. The quantitative estimate of drug-likeness (QED) is 0.0659. The van der Waals surface area contributed by atoms with Gasteiger partial charge in [-0.1, -0.05) is 88.4 Å². The largest absolute Gasteiger partial charge is 0.481 e. The van der Waals surface area contributed by atoms with E-state index in [2.05, 4.69) is 26.6 Å². The summed E-state index contributed by atoms with van der Waals surface area (Å²) in [6, 6.07) is 7.22. The van der Waals surface area contributed by atoms with Crippen LogP contribution in [0, 0.1) is 11.8 Å². The number of nitrogens with zero attached hydrogens (tertiary/aromatic N) is 2. The maximum Gasteiger partial charge on any atom is 0.326 e. The Balaban J connectivity index is 0.00000320. The molecule has 2 fully saturated rings. The van der Waals surface area contributed by atoms with Gasteiger partial charge in [-0.2, -0.15) is 0 Å². The number of benzene rings is 2. The number of amides is 7. The molecular formula is C49H70N8O14. The van der Waals surface area contributed by atoms with Crippen molar-refractivity contribution in [2.24, 2.45) is 17.6 Å². The van der Waals surface area contributed by atoms with E-state index in [-0.39, 0.29) is 57.0 Å². The lowest BCUT2D eigenvalue weighted by molar-refractivity contribution is -0.145. The Kier molecular flexibility index (Phi) is 23.6. The van der Waals surface area contributed by atoms with Crippen molar-refractivity contribution in [3.8, 4) is 0 Å². The number of carbonyl (C=O) groups is 10. The van der Waals surface area contributed by atoms with Crippen molar-refractivity contribution in [3.05, 3.63) is 71.8 Å². The predicted octanol–water partition coefficient (Wildman–Crippen LogP) is -0.0602. The summed E-state index contributed by atoms with van der Waals surface area (Å²) >= 11 is 0. The number of rotatable bonds is 24. The van der Waals surface area contributed by atoms with Crippen LogP contribution < -0.4 is 32.3 Å². The van der Waals surface area contributed by atoms with Crippen LogP contribution in [0.4, 0.5) is 0 Å². The maximum atomic E-state index is 14.6. The Labute approximate surface area is 412 Å². The molecule has 0 saturated carbocycles. The van der Waals surface area contributed by atoms with Crippen LogP contribution in [0.1, 0.15) is 90.7 Å². The van der Waals surface area contributed by atoms with Crippen molar-refractivity contribution in [1.29, 1.82) is 0 Å². The number of likely N-dealkylation sites (tertiary alicyclic amines) is 2. The molecule has 0 aromatic heterocycles. The lowest BCUT2D eigenvalue weighted by atomic mass is 10.0. The first-order valence-corrected chi connectivity index (χ1v) is 23.7. The zero-order valence-corrected chi connectivity index (χ0v) is 40.9. The number of aliphatic hydroxyl groups is 1. The molecule has 8 unspecified atom stereocenters. The second-order valence-corrected chi connectivity index (χ2v) is 18.6. The van der Waals surface area contributed by atoms with Crippen molar-refractivity contribution in [2.75, 3.05) is 19.7 Å². The van der Waals surface area contributed by atoms with Gasteiger partial charge in [-0.05, 0) is 61.5 Å². The second-order valence-electron chi connectivity index (χ2n) is 18.6. The van der Waals surface area contributed by atoms with Crippen LogP contribution in [0.25, 0.3) is 0 Å². The van der Waals surface area contributed by atoms with E-state index in [1.165, 1.54) is 9.80 Å². The molecule has 11 N–H and O–H groups in total. The minimum Gasteiger partial charge on any atom is -0.481 e. The van der Waals surface area contributed by atoms with Gasteiger partial charge >= 0.3 is 11.9 Å². The normalized spacial score (nSPS) is 17.8. The lowest BCUT2D eigenvalue weighted by Gasteiger charge is -2.32. The molecule has 2 aliphatic heterocycles. The standard InChI is InChI=1S/C47H66N8O12.C2H4O2/c1-27(2)21-31(48)40(59)53-36(26-56)46(65)55-20-12-18-38(55)44(63)51-34(24-30-15-9-6-10-16-30)45(64)54-19-11-17-37(54)43(62)50-32(23-29-13-7-5-8-14-29)41(60)49-33(25-39(57)58)42(61)52-35(47(66)67)22-28(3)4;1-2(3)4/h5-10,13-16,27-28,31-38,56H,11-12,17-26,48H2,1-4H3,(H,49,60)(H,50,62)(H,51,63)(H,52,61)(H,53,59)(H,57,58)(H,66,67);1H3,(H,3,4). The third kappa shape index (κ3) is 19.1. The monoisotopic (exact) mass is 995 g/mol. The van der Waals surface area contributed by atoms with Gasteiger partial charge in [0.2, 0.25) is 41.4 Å². The van der Waals surface area contributed by atoms with Crippen LogP contribution in [-0.2, 0) is 60.8 Å². The van der Waals surface area contributed by atoms with Gasteiger partial charge in [0, 0.05) is 32.9 Å². The molecule has 0 radical (unpaired) electrons. The van der Waals surface area contributed by atoms with E-state index in [1.54, 1.807) is 74.5 Å². The van der Waals surface area contributed by atoms with Gasteiger partial charge < -0.3 is 62.5 Å². The number of hydrogen-bond acceptors (Lipinski definition) is 12. The first-order chi connectivity index (χ1) is 33.5. The summed E-state index contributed by atoms with van der Waals surface area (Å²) in [5.74, 6) is -8.96. The van der Waals surface area contributed by atoms with Crippen molar-refractivity contribution in [1.82, 2.24) is 36.4 Å². The molecule has 4 rings (SSSR count). The SMILES string of the molecule is CC(=O)O.CC(C)CC(N)C(=O)NC(CO)C(=O)N1CCCC1C(=O)NC(Cc1ccccc1)C(=O)N1CCCC1C(=O)NC(Cc1ccccc1)C(=O)NC(CC(=O)O)C(=O)NC(CC(C)C)C(=O)O. The van der Waals surface area contributed by atoms with E-state index >= 15 is 0 Å². The van der Waals surface area contributed by atoms with Crippen LogP contribution in [0.3, 0.4) is 0 Å². The van der Waals surface area contributed by atoms with Gasteiger partial charge in [-0.3, -0.25) is 43.2 Å². The predicted molar refractivity (Wildman–Crippen MR) is 257 cm³/mol. The third-order valence-corrected chi connectivity index (χ3v) is 11.7. The van der Waals surface area contributed by atoms with Gasteiger partial charge in [0.15, 0.2) is 0 Å². The molecule has 8 atom stereocenters. The number of aliphatic hydroxyl groups excluding tert-OH is 1. The molecule has 2 aromatic carbocycles. The summed E-state index contributed by atoms with van der Waals surface area (Å²) in [5.41, 5.74) is 7.29. The Hall–Kier alpha value is -6.94. The zero-order valence-electron chi connectivity index (χ0n) is 40.9. The highest BCUT2D eigenvalue weighted by Gasteiger charge is 2.43. The van der Waals surface area contributed by atoms with Gasteiger partial charge in [0.25, 0.3) is 5.97 Å². The van der Waals surface area contributed by atoms with E-state index in [0.717, 1.165) is 6.92 Å². The third-order valence-electron chi connectivity index (χ3n) is 11.7. The summed E-state index contributed by atoms with van der Waals surface area (Å²) in [6.45, 7) is 7.86. The van der Waals surface area contributed by atoms with E-state index in [0.29, 0.717) is 30.4 Å². The fraction of sp³-hybridized carbons (Fsp3) is 0.551. The topological polar surface area (TPSA) is 344 Å². The first kappa shape index (κ1) is 58.4. The smallest absolute Gasteiger partial charge is 0.326 e. The minimum atomic E-state index is -1.71. The Bertz CT molecular complexity index is 2160. The molecule has 22 heteroatoms. The number of hydrogen-bond donors (Lipinski definition) is 10. The van der Waals surface area contributed by atoms with Gasteiger partial charge in [0.1, 0.15) is 42.3 Å². The van der Waals surface area contributed by atoms with Gasteiger partial charge in [0.05, 0.1) is 19.1 Å². The molecule has 2 aromatic rings. The van der Waals surface area contributed by atoms with E-state index in [1.807, 2.05) is 13.8 Å². The molecular weight excluding hydrogens is 925 g/mol. The number of aliphatic carboxylic acids is 3. The van der Waals surface area contributed by atoms with Crippen molar-refractivity contribution in [3.63, 3.8) is 0 Å². The lowest BCUT2D eigenvalue weighted by Crippen LogP contribution is -2.60. The maximum absolute atomic E-state index is 14.6. The minimum absolute atomic E-state index is 0.00591. The molecule has 71 heavy (non-hydrogen) atoms. The summed E-state index contributed by atoms with van der Waals surface area (Å²) in [6.07, 6.45) is 0.603. The van der Waals surface area contributed by atoms with Crippen molar-refractivity contribution in [2.45, 2.75) is 141 Å². The van der Waals surface area contributed by atoms with Crippen LogP contribution >= 0.6 is 0 Å². The second kappa shape index (κ2) is 28.7. The van der Waals surface area contributed by atoms with E-state index in [4.69, 9.17) is 15.6 Å². The van der Waals surface area contributed by atoms with Gasteiger partial charge in [-0.15, -0.1) is 0 Å². The van der Waals surface area contributed by atoms with Crippen LogP contribution in [0.2, 0.25) is 0 Å². The Morgan fingerprint density at radius 3 is 1.42 bits per heavy atom. The molecule has 7 amide bonds. The average molecular weight is 995 g/mol. The first-order valence-electron chi connectivity index (χ1n) is 23.7. The zero-order chi connectivity index (χ0) is 52.9. The van der Waals surface area contributed by atoms with Crippen molar-refractivity contribution < 1.29 is 68.4 Å². The van der Waals surface area contributed by atoms with Crippen LogP contribution in [0.15, 0.2) is 60.7 Å². The van der Waals surface area contributed by atoms with Gasteiger partial charge in [-0.25, -0.2) is 4.79 Å². The number of carboxylic acids is 3. The molecule has 0 aliphatic carbocycles. The average Bonchev–Trinajstić information content (AvgIpc) is 4.01. The summed E-state index contributed by atoms with van der Waals surface area (Å²) in [7, 11) is 0. The molecule has 0 spiro atoms. The summed E-state index contributed by atoms with van der Waals surface area (Å²) in [4.78, 5) is 132. The number of nitrogens with one attached hydrogen (secondary N) is 5. The molecule has 2 saturated heterocycles. The summed E-state index contributed by atoms with van der Waals surface area (Å²) in [5, 5.41) is 49.6. The number of nitrogens with two attached hydrogens (primary N) is 1. The van der Waals surface area contributed by atoms with Crippen LogP contribution in [-0.4, -0.2) is 158 Å². The van der Waals surface area contributed by atoms with Crippen LogP contribution in [0.5, 0.6) is 0 Å². The highest BCUT2D eigenvalue weighted by atomic mass is 16.4. The van der Waals surface area contributed by atoms with E-state index < -0.39 is 121 Å². The molecule has 390 valence electrons. The fourth-order valence-corrected chi connectivity index (χ4v) is 8.35. The fourth-order valence-electron chi connectivity index (χ4n) is 8.35. The number of carbonyl (C=O) groups excluding carboxylic acids is 7. The van der Waals surface area contributed by atoms with Crippen molar-refractivity contribution >= 4 is 59.3 Å². The molecule has 0 bridgehead atoms. The molecule has 2 heterocycles. The highest BCUT2D eigenvalue weighted by Crippen LogP contribution is 2.23. The summed E-state index contributed by atoms with van der Waals surface area (Å²) < 4.78 is 0. The van der Waals surface area contributed by atoms with E-state index in [9.17, 15) is 58.5 Å². The Morgan fingerprint density at radius 1 is 0.577 bits per heavy atom.